The van der Waals surface area contributed by atoms with Gasteiger partial charge in [0, 0.05) is 17.3 Å². The second-order valence-corrected chi connectivity index (χ2v) is 6.50. The average Bonchev–Trinajstić information content (AvgIpc) is 2.20. The van der Waals surface area contributed by atoms with Crippen LogP contribution >= 0.6 is 27.5 Å². The summed E-state index contributed by atoms with van der Waals surface area (Å²) in [5, 5.41) is 0.484. The lowest BCUT2D eigenvalue weighted by molar-refractivity contribution is -0.132. The predicted octanol–water partition coefficient (Wildman–Crippen LogP) is 3.78. The van der Waals surface area contributed by atoms with E-state index in [2.05, 4.69) is 15.9 Å². The van der Waals surface area contributed by atoms with Crippen molar-refractivity contribution in [3.05, 3.63) is 27.7 Å². The van der Waals surface area contributed by atoms with Crippen molar-refractivity contribution in [2.75, 3.05) is 4.90 Å². The zero-order valence-electron chi connectivity index (χ0n) is 10.2. The van der Waals surface area contributed by atoms with Crippen molar-refractivity contribution in [2.45, 2.75) is 26.7 Å². The third-order valence-corrected chi connectivity index (χ3v) is 4.15. The van der Waals surface area contributed by atoms with Crippen LogP contribution in [0.4, 0.5) is 5.69 Å². The highest BCUT2D eigenvalue weighted by molar-refractivity contribution is 9.10. The molecule has 1 aromatic carbocycles. The summed E-state index contributed by atoms with van der Waals surface area (Å²) in [6.07, 6.45) is 0.735. The van der Waals surface area contributed by atoms with E-state index < -0.39 is 0 Å². The maximum Gasteiger partial charge on any atom is 0.234 e. The van der Waals surface area contributed by atoms with Gasteiger partial charge in [-0.2, -0.15) is 0 Å². The van der Waals surface area contributed by atoms with Gasteiger partial charge < -0.3 is 0 Å². The highest BCUT2D eigenvalue weighted by Crippen LogP contribution is 2.35. The van der Waals surface area contributed by atoms with Gasteiger partial charge >= 0.3 is 0 Å². The lowest BCUT2D eigenvalue weighted by atomic mass is 9.81. The Morgan fingerprint density at radius 1 is 1.22 bits per heavy atom. The lowest BCUT2D eigenvalue weighted by Gasteiger charge is -2.34. The molecule has 18 heavy (non-hydrogen) atoms. The fourth-order valence-electron chi connectivity index (χ4n) is 2.09. The average molecular weight is 331 g/mol. The number of benzene rings is 1. The Balaban J connectivity index is 2.36. The van der Waals surface area contributed by atoms with Crippen molar-refractivity contribution in [2.24, 2.45) is 5.41 Å². The molecule has 0 spiro atoms. The first-order valence-electron chi connectivity index (χ1n) is 5.61. The Morgan fingerprint density at radius 2 is 1.78 bits per heavy atom. The number of amides is 2. The lowest BCUT2D eigenvalue weighted by Crippen LogP contribution is -2.46. The molecule has 0 aliphatic carbocycles. The van der Waals surface area contributed by atoms with Crippen molar-refractivity contribution in [1.82, 2.24) is 0 Å². The van der Waals surface area contributed by atoms with E-state index in [0.29, 0.717) is 23.6 Å². The molecular formula is C13H13BrClNO2. The van der Waals surface area contributed by atoms with Gasteiger partial charge in [-0.05, 0) is 39.5 Å². The molecule has 1 fully saturated rings. The molecule has 2 rings (SSSR count). The maximum atomic E-state index is 12.1. The molecule has 1 heterocycles. The second-order valence-electron chi connectivity index (χ2n) is 5.24. The molecule has 96 valence electrons. The summed E-state index contributed by atoms with van der Waals surface area (Å²) in [5.41, 5.74) is 0.276. The molecule has 1 aromatic rings. The Hall–Kier alpha value is -0.870. The SMILES string of the molecule is CC1(C)CC(=O)N(c2ccc(Br)c(Cl)c2)C(=O)C1. The van der Waals surface area contributed by atoms with E-state index in [9.17, 15) is 9.59 Å². The predicted molar refractivity (Wildman–Crippen MR) is 74.7 cm³/mol. The van der Waals surface area contributed by atoms with Crippen LogP contribution in [0, 0.1) is 5.41 Å². The van der Waals surface area contributed by atoms with E-state index in [0.717, 1.165) is 4.47 Å². The molecule has 3 nitrogen and oxygen atoms in total. The Labute approximate surface area is 119 Å². The summed E-state index contributed by atoms with van der Waals surface area (Å²) < 4.78 is 0.741. The Kier molecular flexibility index (Phi) is 3.52. The molecule has 1 aliphatic rings. The largest absolute Gasteiger partial charge is 0.274 e. The number of halogens is 2. The van der Waals surface area contributed by atoms with E-state index >= 15 is 0 Å². The van der Waals surface area contributed by atoms with Crippen LogP contribution in [0.5, 0.6) is 0 Å². The van der Waals surface area contributed by atoms with Crippen LogP contribution in [0.15, 0.2) is 22.7 Å². The Bertz CT molecular complexity index is 508. The molecule has 0 bridgehead atoms. The van der Waals surface area contributed by atoms with Gasteiger partial charge in [-0.25, -0.2) is 0 Å². The molecule has 0 radical (unpaired) electrons. The van der Waals surface area contributed by atoms with Crippen LogP contribution in [0.1, 0.15) is 26.7 Å². The van der Waals surface area contributed by atoms with Gasteiger partial charge in [0.25, 0.3) is 0 Å². The van der Waals surface area contributed by atoms with E-state index in [1.807, 2.05) is 13.8 Å². The number of carbonyl (C=O) groups is 2. The molecule has 0 atom stereocenters. The van der Waals surface area contributed by atoms with Crippen molar-refractivity contribution < 1.29 is 9.59 Å². The molecule has 0 saturated carbocycles. The normalized spacial score (nSPS) is 19.2. The standard InChI is InChI=1S/C13H13BrClNO2/c1-13(2)6-11(17)16(12(18)7-13)8-3-4-9(14)10(15)5-8/h3-5H,6-7H2,1-2H3. The maximum absolute atomic E-state index is 12.1. The molecule has 0 unspecified atom stereocenters. The number of anilines is 1. The van der Waals surface area contributed by atoms with Gasteiger partial charge in [0.15, 0.2) is 0 Å². The van der Waals surface area contributed by atoms with Crippen LogP contribution in [-0.4, -0.2) is 11.8 Å². The highest BCUT2D eigenvalue weighted by atomic mass is 79.9. The minimum absolute atomic E-state index is 0.172. The van der Waals surface area contributed by atoms with Gasteiger partial charge in [-0.1, -0.05) is 25.4 Å². The van der Waals surface area contributed by atoms with Crippen molar-refractivity contribution in [3.8, 4) is 0 Å². The van der Waals surface area contributed by atoms with Gasteiger partial charge in [-0.3, -0.25) is 14.5 Å². The molecule has 5 heteroatoms. The van der Waals surface area contributed by atoms with Crippen molar-refractivity contribution >= 4 is 45.0 Å². The summed E-state index contributed by atoms with van der Waals surface area (Å²) in [6.45, 7) is 3.85. The van der Waals surface area contributed by atoms with E-state index in [4.69, 9.17) is 11.6 Å². The molecular weight excluding hydrogens is 318 g/mol. The van der Waals surface area contributed by atoms with Gasteiger partial charge in [0.1, 0.15) is 0 Å². The first-order valence-corrected chi connectivity index (χ1v) is 6.78. The number of carbonyl (C=O) groups excluding carboxylic acids is 2. The number of piperidine rings is 1. The van der Waals surface area contributed by atoms with Gasteiger partial charge in [0.05, 0.1) is 10.7 Å². The van der Waals surface area contributed by atoms with E-state index in [1.54, 1.807) is 18.2 Å². The van der Waals surface area contributed by atoms with Gasteiger partial charge in [0.2, 0.25) is 11.8 Å². The zero-order chi connectivity index (χ0) is 13.5. The third-order valence-electron chi connectivity index (χ3n) is 2.92. The smallest absolute Gasteiger partial charge is 0.234 e. The van der Waals surface area contributed by atoms with Crippen LogP contribution in [0.25, 0.3) is 0 Å². The summed E-state index contributed by atoms with van der Waals surface area (Å²) in [6, 6.07) is 5.07. The van der Waals surface area contributed by atoms with Crippen LogP contribution < -0.4 is 4.90 Å². The minimum Gasteiger partial charge on any atom is -0.274 e. The molecule has 0 N–H and O–H groups in total. The van der Waals surface area contributed by atoms with Crippen molar-refractivity contribution in [1.29, 1.82) is 0 Å². The van der Waals surface area contributed by atoms with E-state index in [-0.39, 0.29) is 17.2 Å². The summed E-state index contributed by atoms with van der Waals surface area (Å²) in [4.78, 5) is 25.4. The first-order chi connectivity index (χ1) is 8.30. The number of hydrogen-bond acceptors (Lipinski definition) is 2. The number of rotatable bonds is 1. The monoisotopic (exact) mass is 329 g/mol. The number of hydrogen-bond donors (Lipinski definition) is 0. The molecule has 0 aromatic heterocycles. The fourth-order valence-corrected chi connectivity index (χ4v) is 2.51. The fraction of sp³-hybridized carbons (Fsp3) is 0.385. The third kappa shape index (κ3) is 2.59. The molecule has 2 amide bonds. The van der Waals surface area contributed by atoms with Crippen LogP contribution in [-0.2, 0) is 9.59 Å². The quantitative estimate of drug-likeness (QED) is 0.735. The highest BCUT2D eigenvalue weighted by Gasteiger charge is 2.38. The number of nitrogens with zero attached hydrogens (tertiary/aromatic N) is 1. The van der Waals surface area contributed by atoms with Crippen molar-refractivity contribution in [3.63, 3.8) is 0 Å². The summed E-state index contributed by atoms with van der Waals surface area (Å²) in [7, 11) is 0. The van der Waals surface area contributed by atoms with Crippen LogP contribution in [0.2, 0.25) is 5.02 Å². The van der Waals surface area contributed by atoms with Crippen LogP contribution in [0.3, 0.4) is 0 Å². The summed E-state index contributed by atoms with van der Waals surface area (Å²) >= 11 is 9.27. The van der Waals surface area contributed by atoms with E-state index in [1.165, 1.54) is 4.90 Å². The first kappa shape index (κ1) is 13.6. The zero-order valence-corrected chi connectivity index (χ0v) is 12.5. The van der Waals surface area contributed by atoms with Gasteiger partial charge in [-0.15, -0.1) is 0 Å². The number of imide groups is 1. The molecule has 1 saturated heterocycles. The topological polar surface area (TPSA) is 37.4 Å². The molecule has 1 aliphatic heterocycles. The minimum atomic E-state index is -0.260. The Morgan fingerprint density at radius 3 is 2.28 bits per heavy atom. The summed E-state index contributed by atoms with van der Waals surface area (Å²) in [5.74, 6) is -0.343. The second kappa shape index (κ2) is 4.67.